The number of nitrogens with one attached hydrogen (secondary N) is 2. The van der Waals surface area contributed by atoms with Crippen LogP contribution in [0.1, 0.15) is 36.3 Å². The van der Waals surface area contributed by atoms with Crippen LogP contribution in [0.2, 0.25) is 0 Å². The first-order valence-corrected chi connectivity index (χ1v) is 9.10. The number of benzene rings is 1. The van der Waals surface area contributed by atoms with E-state index in [1.54, 1.807) is 0 Å². The number of aryl methyl sites for hydroxylation is 1. The maximum absolute atomic E-state index is 12.7. The maximum atomic E-state index is 12.7. The highest BCUT2D eigenvalue weighted by Crippen LogP contribution is 2.29. The summed E-state index contributed by atoms with van der Waals surface area (Å²) in [6.07, 6.45) is 1.20. The molecule has 1 fully saturated rings. The zero-order valence-electron chi connectivity index (χ0n) is 15.9. The van der Waals surface area contributed by atoms with Crippen molar-refractivity contribution in [3.05, 3.63) is 29.5 Å². The number of ether oxygens (including phenoxy) is 1. The molecule has 6 nitrogen and oxygen atoms in total. The molecule has 0 spiro atoms. The average Bonchev–Trinajstić information content (AvgIpc) is 2.91. The summed E-state index contributed by atoms with van der Waals surface area (Å²) in [5, 5.41) is 3.76. The zero-order valence-corrected chi connectivity index (χ0v) is 15.9. The molecule has 26 heavy (non-hydrogen) atoms. The van der Waals surface area contributed by atoms with Crippen molar-refractivity contribution >= 4 is 28.5 Å². The number of esters is 1. The molecule has 1 aromatic heterocycles. The van der Waals surface area contributed by atoms with E-state index in [0.717, 1.165) is 29.6 Å². The van der Waals surface area contributed by atoms with Crippen LogP contribution in [0.3, 0.4) is 0 Å². The number of carbonyl (C=O) groups is 2. The molecule has 0 radical (unpaired) electrons. The molecule has 2 heterocycles. The van der Waals surface area contributed by atoms with Gasteiger partial charge in [0, 0.05) is 24.0 Å². The summed E-state index contributed by atoms with van der Waals surface area (Å²) in [5.41, 5.74) is 2.63. The number of aromatic amines is 1. The van der Waals surface area contributed by atoms with Crippen molar-refractivity contribution in [3.63, 3.8) is 0 Å². The Balaban J connectivity index is 1.83. The highest BCUT2D eigenvalue weighted by atomic mass is 16.5. The smallest absolute Gasteiger partial charge is 0.356 e. The molecule has 1 aromatic carbocycles. The zero-order chi connectivity index (χ0) is 18.8. The number of rotatable bonds is 4. The van der Waals surface area contributed by atoms with E-state index in [4.69, 9.17) is 4.74 Å². The standard InChI is InChI=1S/C20H27N3O3/c1-12-5-6-16-15(8-12)18(19(21-16)20(25)26-4)22-17(24)11-23-9-13(2)7-14(3)10-23/h5-6,8,13-14,21H,7,9-11H2,1-4H3,(H,22,24)/t13-,14+. The lowest BCUT2D eigenvalue weighted by Gasteiger charge is -2.34. The summed E-state index contributed by atoms with van der Waals surface area (Å²) in [6.45, 7) is 8.60. The van der Waals surface area contributed by atoms with Gasteiger partial charge >= 0.3 is 5.97 Å². The number of aromatic nitrogens is 1. The molecule has 0 bridgehead atoms. The Bertz CT molecular complexity index is 817. The summed E-state index contributed by atoms with van der Waals surface area (Å²) in [5.74, 6) is 0.578. The van der Waals surface area contributed by atoms with Crippen molar-refractivity contribution < 1.29 is 14.3 Å². The number of methoxy groups -OCH3 is 1. The van der Waals surface area contributed by atoms with Crippen LogP contribution in [0.4, 0.5) is 5.69 Å². The van der Waals surface area contributed by atoms with Crippen LogP contribution in [0.5, 0.6) is 0 Å². The number of nitrogens with zero attached hydrogens (tertiary/aromatic N) is 1. The highest BCUT2D eigenvalue weighted by Gasteiger charge is 2.25. The molecule has 2 N–H and O–H groups in total. The van der Waals surface area contributed by atoms with Gasteiger partial charge in [-0.25, -0.2) is 4.79 Å². The van der Waals surface area contributed by atoms with E-state index in [1.165, 1.54) is 13.5 Å². The van der Waals surface area contributed by atoms with Crippen LogP contribution in [0.25, 0.3) is 10.9 Å². The van der Waals surface area contributed by atoms with E-state index in [9.17, 15) is 9.59 Å². The molecule has 6 heteroatoms. The van der Waals surface area contributed by atoms with Crippen LogP contribution in [0, 0.1) is 18.8 Å². The van der Waals surface area contributed by atoms with E-state index >= 15 is 0 Å². The van der Waals surface area contributed by atoms with Gasteiger partial charge in [0.1, 0.15) is 5.69 Å². The van der Waals surface area contributed by atoms with Gasteiger partial charge in [-0.1, -0.05) is 25.5 Å². The molecule has 1 saturated heterocycles. The predicted molar refractivity (Wildman–Crippen MR) is 102 cm³/mol. The number of H-pyrrole nitrogens is 1. The van der Waals surface area contributed by atoms with Crippen LogP contribution in [-0.4, -0.2) is 48.5 Å². The van der Waals surface area contributed by atoms with Gasteiger partial charge in [0.25, 0.3) is 0 Å². The first kappa shape index (κ1) is 18.5. The minimum atomic E-state index is -0.491. The Kier molecular flexibility index (Phi) is 5.32. The molecule has 140 valence electrons. The molecule has 0 unspecified atom stereocenters. The van der Waals surface area contributed by atoms with Gasteiger partial charge in [-0.15, -0.1) is 0 Å². The molecular formula is C20H27N3O3. The van der Waals surface area contributed by atoms with Crippen molar-refractivity contribution in [2.24, 2.45) is 11.8 Å². The fourth-order valence-electron chi connectivity index (χ4n) is 3.99. The first-order chi connectivity index (χ1) is 12.4. The number of piperidine rings is 1. The van der Waals surface area contributed by atoms with E-state index < -0.39 is 5.97 Å². The van der Waals surface area contributed by atoms with Crippen LogP contribution < -0.4 is 5.32 Å². The van der Waals surface area contributed by atoms with Crippen molar-refractivity contribution in [2.45, 2.75) is 27.2 Å². The largest absolute Gasteiger partial charge is 0.464 e. The number of amides is 1. The Morgan fingerprint density at radius 2 is 1.96 bits per heavy atom. The Morgan fingerprint density at radius 1 is 1.27 bits per heavy atom. The van der Waals surface area contributed by atoms with Gasteiger partial charge in [0.15, 0.2) is 0 Å². The topological polar surface area (TPSA) is 74.4 Å². The van der Waals surface area contributed by atoms with Crippen LogP contribution >= 0.6 is 0 Å². The number of carbonyl (C=O) groups excluding carboxylic acids is 2. The average molecular weight is 357 g/mol. The van der Waals surface area contributed by atoms with Crippen molar-refractivity contribution in [2.75, 3.05) is 32.1 Å². The maximum Gasteiger partial charge on any atom is 0.356 e. The quantitative estimate of drug-likeness (QED) is 0.824. The molecule has 1 aliphatic heterocycles. The van der Waals surface area contributed by atoms with E-state index in [0.29, 0.717) is 24.1 Å². The Morgan fingerprint density at radius 3 is 2.62 bits per heavy atom. The predicted octanol–water partition coefficient (Wildman–Crippen LogP) is 3.18. The summed E-state index contributed by atoms with van der Waals surface area (Å²) in [6, 6.07) is 5.82. The third-order valence-corrected chi connectivity index (χ3v) is 4.92. The second kappa shape index (κ2) is 7.50. The van der Waals surface area contributed by atoms with E-state index in [-0.39, 0.29) is 11.6 Å². The number of hydrogen-bond donors (Lipinski definition) is 2. The molecule has 2 atom stereocenters. The van der Waals surface area contributed by atoms with Crippen LogP contribution in [-0.2, 0) is 9.53 Å². The molecule has 1 amide bonds. The molecule has 0 aliphatic carbocycles. The van der Waals surface area contributed by atoms with Crippen molar-refractivity contribution in [1.82, 2.24) is 9.88 Å². The number of likely N-dealkylation sites (tertiary alicyclic amines) is 1. The molecule has 3 rings (SSSR count). The SMILES string of the molecule is COC(=O)c1[nH]c2ccc(C)cc2c1NC(=O)CN1C[C@H](C)C[C@H](C)C1. The number of fused-ring (bicyclic) bond motifs is 1. The third-order valence-electron chi connectivity index (χ3n) is 4.92. The third kappa shape index (κ3) is 3.90. The molecular weight excluding hydrogens is 330 g/mol. The van der Waals surface area contributed by atoms with Gasteiger partial charge in [0.2, 0.25) is 5.91 Å². The van der Waals surface area contributed by atoms with Crippen LogP contribution in [0.15, 0.2) is 18.2 Å². The summed E-state index contributed by atoms with van der Waals surface area (Å²) < 4.78 is 4.86. The second-order valence-electron chi connectivity index (χ2n) is 7.60. The lowest BCUT2D eigenvalue weighted by atomic mass is 9.92. The van der Waals surface area contributed by atoms with Crippen molar-refractivity contribution in [1.29, 1.82) is 0 Å². The fraction of sp³-hybridized carbons (Fsp3) is 0.500. The second-order valence-corrected chi connectivity index (χ2v) is 7.60. The lowest BCUT2D eigenvalue weighted by Crippen LogP contribution is -2.42. The highest BCUT2D eigenvalue weighted by molar-refractivity contribution is 6.11. The summed E-state index contributed by atoms with van der Waals surface area (Å²) in [7, 11) is 1.33. The normalized spacial score (nSPS) is 20.9. The Hall–Kier alpha value is -2.34. The van der Waals surface area contributed by atoms with Gasteiger partial charge in [-0.05, 0) is 37.3 Å². The summed E-state index contributed by atoms with van der Waals surface area (Å²) in [4.78, 5) is 30.0. The van der Waals surface area contributed by atoms with E-state index in [1.807, 2.05) is 25.1 Å². The molecule has 1 aliphatic rings. The Labute approximate surface area is 153 Å². The van der Waals surface area contributed by atoms with E-state index in [2.05, 4.69) is 29.0 Å². The van der Waals surface area contributed by atoms with Gasteiger partial charge in [0.05, 0.1) is 19.3 Å². The minimum absolute atomic E-state index is 0.112. The fourth-order valence-corrected chi connectivity index (χ4v) is 3.99. The first-order valence-electron chi connectivity index (χ1n) is 9.10. The van der Waals surface area contributed by atoms with Gasteiger partial charge < -0.3 is 15.0 Å². The van der Waals surface area contributed by atoms with Gasteiger partial charge in [-0.3, -0.25) is 9.69 Å². The van der Waals surface area contributed by atoms with Gasteiger partial charge in [-0.2, -0.15) is 0 Å². The monoisotopic (exact) mass is 357 g/mol. The number of hydrogen-bond acceptors (Lipinski definition) is 4. The number of anilines is 1. The van der Waals surface area contributed by atoms with Crippen molar-refractivity contribution in [3.8, 4) is 0 Å². The molecule has 0 saturated carbocycles. The summed E-state index contributed by atoms with van der Waals surface area (Å²) >= 11 is 0. The molecule has 2 aromatic rings. The minimum Gasteiger partial charge on any atom is -0.464 e. The lowest BCUT2D eigenvalue weighted by molar-refractivity contribution is -0.117.